The van der Waals surface area contributed by atoms with Crippen LogP contribution in [-0.4, -0.2) is 36.2 Å². The topological polar surface area (TPSA) is 131 Å². The summed E-state index contributed by atoms with van der Waals surface area (Å²) in [4.78, 5) is 11.4. The Morgan fingerprint density at radius 1 is 1.68 bits per heavy atom. The molecule has 0 radical (unpaired) electrons. The molecule has 0 aromatic heterocycles. The van der Waals surface area contributed by atoms with Crippen LogP contribution in [0.4, 0.5) is 0 Å². The minimum Gasteiger partial charge on any atom is -0.379 e. The van der Waals surface area contributed by atoms with E-state index in [1.54, 1.807) is 0 Å². The quantitative estimate of drug-likeness (QED) is 0.339. The van der Waals surface area contributed by atoms with Crippen molar-refractivity contribution in [2.24, 2.45) is 23.2 Å². The fourth-order valence-corrected chi connectivity index (χ4v) is 1.99. The second-order valence-corrected chi connectivity index (χ2v) is 4.58. The van der Waals surface area contributed by atoms with Crippen LogP contribution in [0.25, 0.3) is 0 Å². The Kier molecular flexibility index (Phi) is 5.76. The molecule has 7 heteroatoms. The highest BCUT2D eigenvalue weighted by atomic mass is 16.5. The molecule has 1 saturated heterocycles. The fraction of sp³-hybridized carbons (Fsp3) is 0.667. The van der Waals surface area contributed by atoms with Gasteiger partial charge in [0.05, 0.1) is 30.2 Å². The third kappa shape index (κ3) is 3.92. The van der Waals surface area contributed by atoms with Gasteiger partial charge in [0.2, 0.25) is 5.91 Å². The van der Waals surface area contributed by atoms with Crippen LogP contribution in [0.3, 0.4) is 0 Å². The number of ether oxygens (including phenoxy) is 1. The average Bonchev–Trinajstić information content (AvgIpc) is 2.43. The van der Waals surface area contributed by atoms with Gasteiger partial charge < -0.3 is 21.2 Å². The number of nitrogens with two attached hydrogens (primary N) is 3. The molecule has 1 rings (SSSR count). The lowest BCUT2D eigenvalue weighted by Crippen LogP contribution is -2.48. The molecule has 1 heterocycles. The van der Waals surface area contributed by atoms with Gasteiger partial charge in [-0.25, -0.2) is 5.84 Å². The minimum atomic E-state index is -0.602. The number of rotatable bonds is 5. The van der Waals surface area contributed by atoms with E-state index in [1.807, 2.05) is 6.92 Å². The van der Waals surface area contributed by atoms with Crippen LogP contribution in [0.5, 0.6) is 0 Å². The van der Waals surface area contributed by atoms with Gasteiger partial charge in [0.15, 0.2) is 0 Å². The van der Waals surface area contributed by atoms with Crippen molar-refractivity contribution in [2.75, 3.05) is 13.2 Å². The third-order valence-electron chi connectivity index (χ3n) is 3.29. The Labute approximate surface area is 112 Å². The zero-order valence-electron chi connectivity index (χ0n) is 11.1. The van der Waals surface area contributed by atoms with Crippen molar-refractivity contribution in [2.45, 2.75) is 31.8 Å². The van der Waals surface area contributed by atoms with E-state index >= 15 is 0 Å². The molecular weight excluding hydrogens is 246 g/mol. The molecule has 0 aliphatic carbocycles. The molecule has 0 bridgehead atoms. The number of primary amides is 1. The molecule has 1 aliphatic heterocycles. The van der Waals surface area contributed by atoms with Gasteiger partial charge in [0.25, 0.3) is 0 Å². The van der Waals surface area contributed by atoms with Gasteiger partial charge in [0.1, 0.15) is 0 Å². The van der Waals surface area contributed by atoms with Crippen molar-refractivity contribution in [3.8, 4) is 6.07 Å². The standard InChI is InChI=1S/C12H21N5O2/c1-2-10(14)9(12(15)18)6-17(16)11-7-19-4-3-8(11)5-13/h6,8,10-11H,2-4,7,14,16H2,1H3,(H2,15,18)/b9-6+/t8-,10?,11+/m1/s1. The van der Waals surface area contributed by atoms with Crippen LogP contribution >= 0.6 is 0 Å². The maximum atomic E-state index is 11.4. The number of hydrogen-bond acceptors (Lipinski definition) is 6. The van der Waals surface area contributed by atoms with Gasteiger partial charge in [0, 0.05) is 18.8 Å². The van der Waals surface area contributed by atoms with Crippen molar-refractivity contribution in [1.29, 1.82) is 5.26 Å². The Balaban J connectivity index is 2.87. The zero-order chi connectivity index (χ0) is 14.4. The first-order valence-corrected chi connectivity index (χ1v) is 6.28. The van der Waals surface area contributed by atoms with Gasteiger partial charge in [-0.3, -0.25) is 4.79 Å². The summed E-state index contributed by atoms with van der Waals surface area (Å²) in [5.41, 5.74) is 11.4. The molecule has 106 valence electrons. The van der Waals surface area contributed by atoms with E-state index in [-0.39, 0.29) is 17.5 Å². The summed E-state index contributed by atoms with van der Waals surface area (Å²) in [6, 6.07) is 1.44. The molecule has 0 aromatic carbocycles. The summed E-state index contributed by atoms with van der Waals surface area (Å²) < 4.78 is 5.31. The Bertz CT molecular complexity index is 390. The van der Waals surface area contributed by atoms with Crippen LogP contribution in [-0.2, 0) is 9.53 Å². The molecule has 6 N–H and O–H groups in total. The summed E-state index contributed by atoms with van der Waals surface area (Å²) in [6.07, 6.45) is 2.63. The molecule has 1 amide bonds. The van der Waals surface area contributed by atoms with Gasteiger partial charge in [-0.15, -0.1) is 0 Å². The maximum absolute atomic E-state index is 11.4. The molecule has 1 aliphatic rings. The van der Waals surface area contributed by atoms with Crippen molar-refractivity contribution in [3.05, 3.63) is 11.8 Å². The van der Waals surface area contributed by atoms with E-state index in [0.717, 1.165) is 0 Å². The van der Waals surface area contributed by atoms with E-state index < -0.39 is 11.9 Å². The van der Waals surface area contributed by atoms with Crippen molar-refractivity contribution in [3.63, 3.8) is 0 Å². The molecule has 19 heavy (non-hydrogen) atoms. The van der Waals surface area contributed by atoms with Gasteiger partial charge in [-0.1, -0.05) is 6.92 Å². The first kappa shape index (κ1) is 15.4. The second kappa shape index (κ2) is 7.09. The van der Waals surface area contributed by atoms with E-state index in [1.165, 1.54) is 11.2 Å². The molecule has 3 atom stereocenters. The number of amides is 1. The number of carbonyl (C=O) groups excluding carboxylic acids is 1. The molecule has 1 fully saturated rings. The predicted octanol–water partition coefficient (Wildman–Crippen LogP) is -0.803. The lowest BCUT2D eigenvalue weighted by atomic mass is 9.96. The highest BCUT2D eigenvalue weighted by Gasteiger charge is 2.29. The monoisotopic (exact) mass is 267 g/mol. The Morgan fingerprint density at radius 2 is 2.37 bits per heavy atom. The van der Waals surface area contributed by atoms with Crippen molar-refractivity contribution < 1.29 is 9.53 Å². The first-order valence-electron chi connectivity index (χ1n) is 6.28. The first-order chi connectivity index (χ1) is 9.01. The largest absolute Gasteiger partial charge is 0.379 e. The van der Waals surface area contributed by atoms with Crippen molar-refractivity contribution in [1.82, 2.24) is 5.01 Å². The second-order valence-electron chi connectivity index (χ2n) is 4.58. The van der Waals surface area contributed by atoms with E-state index in [0.29, 0.717) is 26.1 Å². The SMILES string of the molecule is CCC(N)/C(=C\N(N)[C@H]1COCC[C@@H]1C#N)C(N)=O. The van der Waals surface area contributed by atoms with Crippen molar-refractivity contribution >= 4 is 5.91 Å². The van der Waals surface area contributed by atoms with E-state index in [2.05, 4.69) is 6.07 Å². The molecule has 0 aromatic rings. The van der Waals surface area contributed by atoms with Crippen LogP contribution in [0.2, 0.25) is 0 Å². The number of hydrogen-bond donors (Lipinski definition) is 3. The smallest absolute Gasteiger partial charge is 0.247 e. The number of nitriles is 1. The molecule has 1 unspecified atom stereocenters. The lowest BCUT2D eigenvalue weighted by Gasteiger charge is -2.33. The highest BCUT2D eigenvalue weighted by Crippen LogP contribution is 2.19. The normalized spacial score (nSPS) is 25.5. The van der Waals surface area contributed by atoms with E-state index in [4.69, 9.17) is 27.3 Å². The average molecular weight is 267 g/mol. The van der Waals surface area contributed by atoms with Crippen LogP contribution in [0.1, 0.15) is 19.8 Å². The summed E-state index contributed by atoms with van der Waals surface area (Å²) >= 11 is 0. The Morgan fingerprint density at radius 3 is 2.89 bits per heavy atom. The molecular formula is C12H21N5O2. The highest BCUT2D eigenvalue weighted by molar-refractivity contribution is 5.93. The molecule has 0 saturated carbocycles. The van der Waals surface area contributed by atoms with Gasteiger partial charge in [-0.2, -0.15) is 5.26 Å². The number of carbonyl (C=O) groups is 1. The van der Waals surface area contributed by atoms with Crippen LogP contribution in [0.15, 0.2) is 11.8 Å². The van der Waals surface area contributed by atoms with Crippen LogP contribution < -0.4 is 17.3 Å². The van der Waals surface area contributed by atoms with Gasteiger partial charge >= 0.3 is 0 Å². The molecule has 7 nitrogen and oxygen atoms in total. The minimum absolute atomic E-state index is 0.234. The third-order valence-corrected chi connectivity index (χ3v) is 3.29. The summed E-state index contributed by atoms with van der Waals surface area (Å²) in [5.74, 6) is 5.07. The summed E-state index contributed by atoms with van der Waals surface area (Å²) in [5, 5.41) is 10.4. The lowest BCUT2D eigenvalue weighted by molar-refractivity contribution is -0.115. The van der Waals surface area contributed by atoms with E-state index in [9.17, 15) is 4.79 Å². The fourth-order valence-electron chi connectivity index (χ4n) is 1.99. The maximum Gasteiger partial charge on any atom is 0.247 e. The Hall–Kier alpha value is -1.62. The molecule has 0 spiro atoms. The number of hydrazine groups is 1. The predicted molar refractivity (Wildman–Crippen MR) is 69.9 cm³/mol. The zero-order valence-corrected chi connectivity index (χ0v) is 11.1. The van der Waals surface area contributed by atoms with Gasteiger partial charge in [-0.05, 0) is 12.8 Å². The summed E-state index contributed by atoms with van der Waals surface area (Å²) in [7, 11) is 0. The summed E-state index contributed by atoms with van der Waals surface area (Å²) in [6.45, 7) is 2.74. The van der Waals surface area contributed by atoms with Crippen LogP contribution in [0, 0.1) is 17.2 Å². The number of nitrogens with zero attached hydrogens (tertiary/aromatic N) is 2.